The van der Waals surface area contributed by atoms with Crippen molar-refractivity contribution in [3.63, 3.8) is 0 Å². The minimum Gasteiger partial charge on any atom is -0.338 e. The summed E-state index contributed by atoms with van der Waals surface area (Å²) in [6.45, 7) is 1.17. The molecule has 1 N–H and O–H groups in total. The summed E-state index contributed by atoms with van der Waals surface area (Å²) in [5.41, 5.74) is 0.327. The third kappa shape index (κ3) is 2.81. The van der Waals surface area contributed by atoms with E-state index >= 15 is 0 Å². The van der Waals surface area contributed by atoms with Crippen molar-refractivity contribution in [3.8, 4) is 0 Å². The number of hydrogen-bond acceptors (Lipinski definition) is 5. The molecule has 9 nitrogen and oxygen atoms in total. The molecule has 0 saturated carbocycles. The van der Waals surface area contributed by atoms with Crippen LogP contribution in [0.1, 0.15) is 28.4 Å². The van der Waals surface area contributed by atoms with Crippen molar-refractivity contribution in [1.29, 1.82) is 0 Å². The molecule has 0 unspecified atom stereocenters. The van der Waals surface area contributed by atoms with E-state index in [0.717, 1.165) is 12.1 Å². The quantitative estimate of drug-likeness (QED) is 0.515. The predicted molar refractivity (Wildman–Crippen MR) is 109 cm³/mol. The van der Waals surface area contributed by atoms with E-state index in [1.54, 1.807) is 29.2 Å². The van der Waals surface area contributed by atoms with Crippen LogP contribution in [0, 0.1) is 16.0 Å². The molecule has 0 aliphatic carbocycles. The molecule has 9 heteroatoms. The molecular formula is C21H18N4O5. The van der Waals surface area contributed by atoms with Crippen LogP contribution in [-0.2, 0) is 6.54 Å². The monoisotopic (exact) mass is 406 g/mol. The molecule has 3 aromatic rings. The van der Waals surface area contributed by atoms with E-state index in [0.29, 0.717) is 36.1 Å². The molecule has 0 radical (unpaired) electrons. The van der Waals surface area contributed by atoms with Gasteiger partial charge in [0.15, 0.2) is 0 Å². The zero-order valence-corrected chi connectivity index (χ0v) is 15.9. The van der Waals surface area contributed by atoms with Gasteiger partial charge in [-0.1, -0.05) is 18.2 Å². The van der Waals surface area contributed by atoms with Crippen molar-refractivity contribution in [2.24, 2.45) is 5.92 Å². The summed E-state index contributed by atoms with van der Waals surface area (Å²) in [5, 5.41) is 11.8. The van der Waals surface area contributed by atoms with Crippen molar-refractivity contribution in [3.05, 3.63) is 84.5 Å². The Kier molecular flexibility index (Phi) is 4.05. The highest BCUT2D eigenvalue weighted by molar-refractivity contribution is 6.06. The lowest BCUT2D eigenvalue weighted by molar-refractivity contribution is -0.386. The number of hydrogen-bond donors (Lipinski definition) is 1. The third-order valence-corrected chi connectivity index (χ3v) is 6.05. The first-order valence-corrected chi connectivity index (χ1v) is 9.72. The summed E-state index contributed by atoms with van der Waals surface area (Å²) in [6, 6.07) is 11.4. The second kappa shape index (κ2) is 6.65. The summed E-state index contributed by atoms with van der Waals surface area (Å²) in [5.74, 6) is -0.277. The standard InChI is InChI=1S/C21H18N4O5/c26-19-8-15(14-3-1-2-4-16(14)22-19)20(27)23-9-12-7-13(11-23)17-5-6-18(25(29)30)21(28)24(17)10-12/h1-6,8,12-13H,7,9-11H2,(H,22,26)/t12-,13+/m0/s1. The van der Waals surface area contributed by atoms with Gasteiger partial charge >= 0.3 is 11.2 Å². The molecule has 2 aromatic heterocycles. The van der Waals surface area contributed by atoms with Crippen LogP contribution in [0.3, 0.4) is 0 Å². The number of amides is 1. The minimum absolute atomic E-state index is 0.0214. The number of nitrogens with zero attached hydrogens (tertiary/aromatic N) is 3. The van der Waals surface area contributed by atoms with Gasteiger partial charge in [0.2, 0.25) is 5.56 Å². The first kappa shape index (κ1) is 18.3. The minimum atomic E-state index is -0.659. The van der Waals surface area contributed by atoms with Gasteiger partial charge in [-0.3, -0.25) is 24.5 Å². The number of rotatable bonds is 2. The molecule has 5 rings (SSSR count). The largest absolute Gasteiger partial charge is 0.338 e. The van der Waals surface area contributed by atoms with Crippen LogP contribution >= 0.6 is 0 Å². The van der Waals surface area contributed by atoms with Crippen LogP contribution in [0.4, 0.5) is 5.69 Å². The highest BCUT2D eigenvalue weighted by atomic mass is 16.6. The normalized spacial score (nSPS) is 20.1. The van der Waals surface area contributed by atoms with E-state index in [-0.39, 0.29) is 23.3 Å². The SMILES string of the molecule is O=C(c1cc(=O)[nH]c2ccccc12)N1C[C@@H]2C[C@H](C1)c1ccc([N+](=O)[O-])c(=O)n1C2. The number of fused-ring (bicyclic) bond motifs is 5. The Hall–Kier alpha value is -3.75. The van der Waals surface area contributed by atoms with Gasteiger partial charge in [-0.25, -0.2) is 0 Å². The number of carbonyl (C=O) groups is 1. The second-order valence-corrected chi connectivity index (χ2v) is 7.92. The summed E-state index contributed by atoms with van der Waals surface area (Å²) in [7, 11) is 0. The first-order chi connectivity index (χ1) is 14.4. The van der Waals surface area contributed by atoms with E-state index in [9.17, 15) is 24.5 Å². The molecule has 1 fully saturated rings. The van der Waals surface area contributed by atoms with E-state index in [4.69, 9.17) is 0 Å². The fourth-order valence-electron chi connectivity index (χ4n) is 4.79. The van der Waals surface area contributed by atoms with Crippen LogP contribution in [0.2, 0.25) is 0 Å². The molecule has 2 bridgehead atoms. The van der Waals surface area contributed by atoms with E-state index < -0.39 is 16.2 Å². The number of carbonyl (C=O) groups excluding carboxylic acids is 1. The average Bonchev–Trinajstić information content (AvgIpc) is 2.73. The number of aromatic amines is 1. The van der Waals surface area contributed by atoms with Crippen molar-refractivity contribution in [2.45, 2.75) is 18.9 Å². The molecule has 2 aliphatic rings. The van der Waals surface area contributed by atoms with Gasteiger partial charge in [0, 0.05) is 54.3 Å². The maximum Gasteiger partial charge on any atom is 0.334 e. The van der Waals surface area contributed by atoms with Gasteiger partial charge in [0.25, 0.3) is 5.91 Å². The number of nitro groups is 1. The molecule has 1 amide bonds. The van der Waals surface area contributed by atoms with Gasteiger partial charge in [-0.2, -0.15) is 0 Å². The summed E-state index contributed by atoms with van der Waals surface area (Å²) < 4.78 is 1.49. The molecule has 1 saturated heterocycles. The zero-order valence-electron chi connectivity index (χ0n) is 15.9. The van der Waals surface area contributed by atoms with Gasteiger partial charge in [0.1, 0.15) is 0 Å². The molecule has 2 aliphatic heterocycles. The maximum atomic E-state index is 13.3. The highest BCUT2D eigenvalue weighted by Gasteiger charge is 2.38. The van der Waals surface area contributed by atoms with Crippen LogP contribution in [0.25, 0.3) is 10.9 Å². The number of benzene rings is 1. The number of nitrogens with one attached hydrogen (secondary N) is 1. The Morgan fingerprint density at radius 2 is 1.90 bits per heavy atom. The number of likely N-dealkylation sites (tertiary alicyclic amines) is 1. The van der Waals surface area contributed by atoms with Gasteiger partial charge < -0.3 is 14.5 Å². The van der Waals surface area contributed by atoms with Gasteiger partial charge in [0.05, 0.1) is 10.5 Å². The number of pyridine rings is 2. The number of H-pyrrole nitrogens is 1. The summed E-state index contributed by atoms with van der Waals surface area (Å²) >= 11 is 0. The van der Waals surface area contributed by atoms with E-state index in [1.165, 1.54) is 16.7 Å². The van der Waals surface area contributed by atoms with E-state index in [1.807, 2.05) is 6.07 Å². The van der Waals surface area contributed by atoms with Crippen LogP contribution < -0.4 is 11.1 Å². The topological polar surface area (TPSA) is 118 Å². The summed E-state index contributed by atoms with van der Waals surface area (Å²) in [6.07, 6.45) is 0.817. The number of aromatic nitrogens is 2. The number of para-hydroxylation sites is 1. The third-order valence-electron chi connectivity index (χ3n) is 6.05. The summed E-state index contributed by atoms with van der Waals surface area (Å²) in [4.78, 5) is 52.8. The molecule has 30 heavy (non-hydrogen) atoms. The van der Waals surface area contributed by atoms with Crippen molar-refractivity contribution >= 4 is 22.5 Å². The molecule has 2 atom stereocenters. The fraction of sp³-hybridized carbons (Fsp3) is 0.286. The molecular weight excluding hydrogens is 388 g/mol. The van der Waals surface area contributed by atoms with Gasteiger partial charge in [-0.05, 0) is 24.5 Å². The lowest BCUT2D eigenvalue weighted by Gasteiger charge is -2.42. The Morgan fingerprint density at radius 1 is 1.10 bits per heavy atom. The Bertz CT molecular complexity index is 1320. The maximum absolute atomic E-state index is 13.3. The molecule has 0 spiro atoms. The van der Waals surface area contributed by atoms with Crippen molar-refractivity contribution < 1.29 is 9.72 Å². The second-order valence-electron chi connectivity index (χ2n) is 7.92. The fourth-order valence-corrected chi connectivity index (χ4v) is 4.79. The molecule has 1 aromatic carbocycles. The zero-order chi connectivity index (χ0) is 21.0. The molecule has 4 heterocycles. The lowest BCUT2D eigenvalue weighted by atomic mass is 9.83. The van der Waals surface area contributed by atoms with Crippen molar-refractivity contribution in [1.82, 2.24) is 14.5 Å². The number of piperidine rings is 1. The van der Waals surface area contributed by atoms with E-state index in [2.05, 4.69) is 4.98 Å². The van der Waals surface area contributed by atoms with Crippen LogP contribution in [0.15, 0.2) is 52.1 Å². The Labute approximate surface area is 169 Å². The molecule has 152 valence electrons. The highest BCUT2D eigenvalue weighted by Crippen LogP contribution is 2.36. The lowest BCUT2D eigenvalue weighted by Crippen LogP contribution is -2.49. The predicted octanol–water partition coefficient (Wildman–Crippen LogP) is 1.86. The Morgan fingerprint density at radius 3 is 2.70 bits per heavy atom. The van der Waals surface area contributed by atoms with Gasteiger partial charge in [-0.15, -0.1) is 0 Å². The first-order valence-electron chi connectivity index (χ1n) is 9.72. The Balaban J connectivity index is 1.52. The van der Waals surface area contributed by atoms with Crippen LogP contribution in [-0.4, -0.2) is 38.4 Å². The average molecular weight is 406 g/mol. The van der Waals surface area contributed by atoms with Crippen LogP contribution in [0.5, 0.6) is 0 Å². The van der Waals surface area contributed by atoms with Crippen molar-refractivity contribution in [2.75, 3.05) is 13.1 Å². The smallest absolute Gasteiger partial charge is 0.334 e.